The standard InChI is InChI=1S/C30H42FN3O4/c1-30(26-9-3-5-18-38-26)14-12-22(31)19-25(30)27(29(35)36)34-16-13-24(20-34)37-17-4-2-8-23-11-10-21-7-6-15-32-28(21)33-23/h10-12,19,24,26-27H,2-9,13-18,20H2,1H3,(H,32,33)(H,35,36)/t24-,26+,27+,30?/m1/s1. The smallest absolute Gasteiger partial charge is 0.325 e. The number of carboxylic acid groups (broad SMARTS) is 1. The second-order valence-corrected chi connectivity index (χ2v) is 11.5. The molecule has 38 heavy (non-hydrogen) atoms. The Morgan fingerprint density at radius 3 is 3.03 bits per heavy atom. The van der Waals surface area contributed by atoms with E-state index in [0.717, 1.165) is 75.8 Å². The molecule has 0 aromatic carbocycles. The molecule has 5 rings (SSSR count). The van der Waals surface area contributed by atoms with Crippen molar-refractivity contribution < 1.29 is 23.8 Å². The van der Waals surface area contributed by atoms with Crippen molar-refractivity contribution in [3.05, 3.63) is 46.9 Å². The van der Waals surface area contributed by atoms with Crippen LogP contribution in [0.4, 0.5) is 10.2 Å². The molecule has 208 valence electrons. The number of likely N-dealkylation sites (tertiary alicyclic amines) is 1. The molecular weight excluding hydrogens is 485 g/mol. The van der Waals surface area contributed by atoms with Crippen molar-refractivity contribution in [2.45, 2.75) is 89.4 Å². The van der Waals surface area contributed by atoms with E-state index in [4.69, 9.17) is 14.5 Å². The Labute approximate surface area is 225 Å². The Bertz CT molecular complexity index is 1050. The predicted octanol–water partition coefficient (Wildman–Crippen LogP) is 5.07. The van der Waals surface area contributed by atoms with Crippen LogP contribution in [-0.4, -0.2) is 72.1 Å². The lowest BCUT2D eigenvalue weighted by Gasteiger charge is -2.45. The number of hydrogen-bond acceptors (Lipinski definition) is 6. The second-order valence-electron chi connectivity index (χ2n) is 11.5. The van der Waals surface area contributed by atoms with Crippen molar-refractivity contribution in [1.29, 1.82) is 0 Å². The fraction of sp³-hybridized carbons (Fsp3) is 0.667. The summed E-state index contributed by atoms with van der Waals surface area (Å²) in [4.78, 5) is 19.3. The summed E-state index contributed by atoms with van der Waals surface area (Å²) >= 11 is 0. The van der Waals surface area contributed by atoms with Gasteiger partial charge in [0.2, 0.25) is 0 Å². The van der Waals surface area contributed by atoms with E-state index in [2.05, 4.69) is 17.4 Å². The first-order valence-electron chi connectivity index (χ1n) is 14.4. The molecule has 0 saturated carbocycles. The molecule has 4 heterocycles. The van der Waals surface area contributed by atoms with E-state index in [1.807, 2.05) is 11.8 Å². The monoisotopic (exact) mass is 527 g/mol. The molecule has 8 heteroatoms. The average molecular weight is 528 g/mol. The first-order chi connectivity index (χ1) is 18.4. The van der Waals surface area contributed by atoms with E-state index in [9.17, 15) is 14.3 Å². The topological polar surface area (TPSA) is 83.9 Å². The van der Waals surface area contributed by atoms with Crippen LogP contribution in [0, 0.1) is 5.41 Å². The Kier molecular flexibility index (Phi) is 8.81. The summed E-state index contributed by atoms with van der Waals surface area (Å²) in [5, 5.41) is 13.7. The lowest BCUT2D eigenvalue weighted by Crippen LogP contribution is -2.50. The summed E-state index contributed by atoms with van der Waals surface area (Å²) in [5.74, 6) is -0.241. The first kappa shape index (κ1) is 27.3. The molecule has 0 spiro atoms. The number of aliphatic carboxylic acids is 1. The fourth-order valence-corrected chi connectivity index (χ4v) is 6.53. The van der Waals surface area contributed by atoms with Gasteiger partial charge >= 0.3 is 5.97 Å². The molecule has 0 bridgehead atoms. The van der Waals surface area contributed by atoms with Crippen LogP contribution < -0.4 is 5.32 Å². The van der Waals surface area contributed by atoms with Crippen molar-refractivity contribution in [2.24, 2.45) is 5.41 Å². The SMILES string of the molecule is CC1([C@@H]2CCCCO2)CC=C(F)C=C1[C@@H](C(=O)O)N1CC[C@@H](OCCCCc2ccc3c(n2)NCCC3)C1. The number of aromatic nitrogens is 1. The predicted molar refractivity (Wildman–Crippen MR) is 145 cm³/mol. The van der Waals surface area contributed by atoms with Gasteiger partial charge in [-0.15, -0.1) is 0 Å². The minimum atomic E-state index is -0.930. The maximum Gasteiger partial charge on any atom is 0.325 e. The summed E-state index contributed by atoms with van der Waals surface area (Å²) in [7, 11) is 0. The summed E-state index contributed by atoms with van der Waals surface area (Å²) < 4.78 is 26.7. The lowest BCUT2D eigenvalue weighted by atomic mass is 9.67. The van der Waals surface area contributed by atoms with Crippen LogP contribution in [-0.2, 0) is 27.1 Å². The minimum Gasteiger partial charge on any atom is -0.480 e. The largest absolute Gasteiger partial charge is 0.480 e. The van der Waals surface area contributed by atoms with Gasteiger partial charge in [-0.2, -0.15) is 0 Å². The number of halogens is 1. The molecule has 0 amide bonds. The molecule has 0 radical (unpaired) electrons. The Morgan fingerprint density at radius 1 is 1.32 bits per heavy atom. The zero-order valence-corrected chi connectivity index (χ0v) is 22.6. The number of rotatable bonds is 10. The third-order valence-corrected chi connectivity index (χ3v) is 8.77. The molecular formula is C30H42FN3O4. The summed E-state index contributed by atoms with van der Waals surface area (Å²) in [5.41, 5.74) is 2.52. The molecule has 2 fully saturated rings. The minimum absolute atomic E-state index is 0.00955. The van der Waals surface area contributed by atoms with E-state index in [1.54, 1.807) is 6.08 Å². The molecule has 1 aromatic rings. The maximum absolute atomic E-state index is 14.5. The van der Waals surface area contributed by atoms with Gasteiger partial charge in [-0.1, -0.05) is 13.0 Å². The van der Waals surface area contributed by atoms with Gasteiger partial charge in [0.15, 0.2) is 0 Å². The molecule has 7 nitrogen and oxygen atoms in total. The number of allylic oxidation sites excluding steroid dienone is 3. The van der Waals surface area contributed by atoms with Crippen LogP contribution in [0.2, 0.25) is 0 Å². The highest BCUT2D eigenvalue weighted by atomic mass is 19.1. The number of hydrogen-bond donors (Lipinski definition) is 2. The van der Waals surface area contributed by atoms with Crippen molar-refractivity contribution in [3.8, 4) is 0 Å². The number of nitrogens with zero attached hydrogens (tertiary/aromatic N) is 2. The van der Waals surface area contributed by atoms with E-state index in [-0.39, 0.29) is 18.0 Å². The number of aryl methyl sites for hydroxylation is 2. The summed E-state index contributed by atoms with van der Waals surface area (Å²) in [6.07, 6.45) is 12.2. The molecule has 4 atom stereocenters. The van der Waals surface area contributed by atoms with E-state index in [1.165, 1.54) is 11.6 Å². The highest BCUT2D eigenvalue weighted by Crippen LogP contribution is 2.46. The average Bonchev–Trinajstić information content (AvgIpc) is 3.39. The zero-order chi connectivity index (χ0) is 26.5. The van der Waals surface area contributed by atoms with Crippen LogP contribution in [0.15, 0.2) is 35.7 Å². The van der Waals surface area contributed by atoms with Gasteiger partial charge in [0, 0.05) is 44.0 Å². The van der Waals surface area contributed by atoms with E-state index < -0.39 is 17.4 Å². The number of anilines is 1. The first-order valence-corrected chi connectivity index (χ1v) is 14.4. The second kappa shape index (κ2) is 12.3. The molecule has 1 unspecified atom stereocenters. The number of ether oxygens (including phenoxy) is 2. The fourth-order valence-electron chi connectivity index (χ4n) is 6.53. The number of unbranched alkanes of at least 4 members (excludes halogenated alkanes) is 1. The quantitative estimate of drug-likeness (QED) is 0.411. The highest BCUT2D eigenvalue weighted by molar-refractivity contribution is 5.78. The number of fused-ring (bicyclic) bond motifs is 1. The maximum atomic E-state index is 14.5. The van der Waals surface area contributed by atoms with E-state index in [0.29, 0.717) is 38.3 Å². The van der Waals surface area contributed by atoms with Crippen LogP contribution >= 0.6 is 0 Å². The molecule has 1 aliphatic carbocycles. The number of nitrogens with one attached hydrogen (secondary N) is 1. The Balaban J connectivity index is 1.14. The molecule has 3 aliphatic heterocycles. The third kappa shape index (κ3) is 6.13. The van der Waals surface area contributed by atoms with Crippen molar-refractivity contribution in [2.75, 3.05) is 38.2 Å². The molecule has 2 N–H and O–H groups in total. The Hall–Kier alpha value is -2.29. The molecule has 4 aliphatic rings. The van der Waals surface area contributed by atoms with Gasteiger partial charge in [0.25, 0.3) is 0 Å². The molecule has 2 saturated heterocycles. The molecule has 1 aromatic heterocycles. The van der Waals surface area contributed by atoms with Crippen LogP contribution in [0.1, 0.15) is 69.5 Å². The van der Waals surface area contributed by atoms with Gasteiger partial charge in [-0.25, -0.2) is 9.37 Å². The van der Waals surface area contributed by atoms with Crippen LogP contribution in [0.25, 0.3) is 0 Å². The van der Waals surface area contributed by atoms with Gasteiger partial charge < -0.3 is 19.9 Å². The van der Waals surface area contributed by atoms with Gasteiger partial charge in [0.05, 0.1) is 12.2 Å². The summed E-state index contributed by atoms with van der Waals surface area (Å²) in [6.45, 7) is 5.53. The lowest BCUT2D eigenvalue weighted by molar-refractivity contribution is -0.142. The highest BCUT2D eigenvalue weighted by Gasteiger charge is 2.47. The van der Waals surface area contributed by atoms with Crippen molar-refractivity contribution in [1.82, 2.24) is 9.88 Å². The Morgan fingerprint density at radius 2 is 2.21 bits per heavy atom. The zero-order valence-electron chi connectivity index (χ0n) is 22.6. The summed E-state index contributed by atoms with van der Waals surface area (Å²) in [6, 6.07) is 3.46. The van der Waals surface area contributed by atoms with Gasteiger partial charge in [-0.3, -0.25) is 9.69 Å². The van der Waals surface area contributed by atoms with E-state index >= 15 is 0 Å². The van der Waals surface area contributed by atoms with Gasteiger partial charge in [-0.05, 0) is 93.6 Å². The number of carboxylic acids is 1. The van der Waals surface area contributed by atoms with Gasteiger partial charge in [0.1, 0.15) is 17.7 Å². The van der Waals surface area contributed by atoms with Crippen molar-refractivity contribution >= 4 is 11.8 Å². The number of carbonyl (C=O) groups is 1. The third-order valence-electron chi connectivity index (χ3n) is 8.77. The van der Waals surface area contributed by atoms with Crippen LogP contribution in [0.5, 0.6) is 0 Å². The normalized spacial score (nSPS) is 28.7. The van der Waals surface area contributed by atoms with Crippen molar-refractivity contribution in [3.63, 3.8) is 0 Å². The number of pyridine rings is 1. The van der Waals surface area contributed by atoms with Crippen LogP contribution in [0.3, 0.4) is 0 Å².